The molecule has 0 aromatic carbocycles. The maximum absolute atomic E-state index is 12.1. The van der Waals surface area contributed by atoms with Gasteiger partial charge < -0.3 is 15.3 Å². The van der Waals surface area contributed by atoms with Crippen LogP contribution in [0.3, 0.4) is 0 Å². The Morgan fingerprint density at radius 1 is 1.48 bits per heavy atom. The first-order chi connectivity index (χ1) is 10.0. The van der Waals surface area contributed by atoms with Crippen molar-refractivity contribution in [2.24, 2.45) is 0 Å². The van der Waals surface area contributed by atoms with E-state index in [0.717, 1.165) is 12.8 Å². The Labute approximate surface area is 131 Å². The summed E-state index contributed by atoms with van der Waals surface area (Å²) < 4.78 is 0. The summed E-state index contributed by atoms with van der Waals surface area (Å²) in [5.74, 6) is 0. The van der Waals surface area contributed by atoms with Crippen LogP contribution >= 0.6 is 11.3 Å². The molecule has 21 heavy (non-hydrogen) atoms. The number of likely N-dealkylation sites (N-methyl/N-ethyl adjacent to an activating group) is 1. The molecule has 1 aliphatic rings. The van der Waals surface area contributed by atoms with E-state index in [4.69, 9.17) is 0 Å². The number of rotatable bonds is 5. The number of carbonyl (C=O) groups excluding carboxylic acids is 1. The highest BCUT2D eigenvalue weighted by molar-refractivity contribution is 7.10. The van der Waals surface area contributed by atoms with Gasteiger partial charge in [0, 0.05) is 30.4 Å². The summed E-state index contributed by atoms with van der Waals surface area (Å²) >= 11 is 1.79. The molecule has 1 aromatic rings. The molecule has 0 bridgehead atoms. The molecule has 0 aliphatic heterocycles. The molecule has 1 atom stereocenters. The first-order valence-electron chi connectivity index (χ1n) is 7.74. The lowest BCUT2D eigenvalue weighted by Crippen LogP contribution is -2.47. The van der Waals surface area contributed by atoms with Gasteiger partial charge in [-0.05, 0) is 31.2 Å². The Morgan fingerprint density at radius 2 is 2.19 bits per heavy atom. The van der Waals surface area contributed by atoms with Gasteiger partial charge in [-0.15, -0.1) is 11.3 Å². The zero-order valence-electron chi connectivity index (χ0n) is 13.0. The van der Waals surface area contributed by atoms with Crippen LogP contribution in [-0.4, -0.2) is 42.3 Å². The molecule has 0 spiro atoms. The topological polar surface area (TPSA) is 52.6 Å². The summed E-state index contributed by atoms with van der Waals surface area (Å²) in [7, 11) is 1.72. The second-order valence-electron chi connectivity index (χ2n) is 6.21. The standard InChI is InChI=1S/C16H26N2O2S/c1-13(19)11-18(2)15(20)17-12-16(8-4-3-5-9-16)14-7-6-10-21-14/h6-7,10,13,19H,3-5,8-9,11-12H2,1-2H3,(H,17,20). The fraction of sp³-hybridized carbons (Fsp3) is 0.688. The van der Waals surface area contributed by atoms with Crippen molar-refractivity contribution in [2.75, 3.05) is 20.1 Å². The summed E-state index contributed by atoms with van der Waals surface area (Å²) in [6, 6.07) is 4.19. The molecule has 118 valence electrons. The number of urea groups is 1. The minimum Gasteiger partial charge on any atom is -0.392 e. The third kappa shape index (κ3) is 4.20. The molecule has 1 aliphatic carbocycles. The van der Waals surface area contributed by atoms with Crippen molar-refractivity contribution in [3.8, 4) is 0 Å². The Hall–Kier alpha value is -1.07. The summed E-state index contributed by atoms with van der Waals surface area (Å²) in [6.45, 7) is 2.74. The second-order valence-corrected chi connectivity index (χ2v) is 7.15. The molecule has 1 unspecified atom stereocenters. The van der Waals surface area contributed by atoms with Crippen LogP contribution in [0.2, 0.25) is 0 Å². The Balaban J connectivity index is 1.98. The van der Waals surface area contributed by atoms with E-state index in [-0.39, 0.29) is 11.4 Å². The van der Waals surface area contributed by atoms with Crippen molar-refractivity contribution in [1.82, 2.24) is 10.2 Å². The Kier molecular flexibility index (Phi) is 5.65. The van der Waals surface area contributed by atoms with Crippen LogP contribution in [0.1, 0.15) is 43.9 Å². The number of carbonyl (C=O) groups is 1. The summed E-state index contributed by atoms with van der Waals surface area (Å²) in [5, 5.41) is 14.6. The lowest BCUT2D eigenvalue weighted by atomic mass is 9.73. The molecule has 2 rings (SSSR count). The quantitative estimate of drug-likeness (QED) is 0.878. The highest BCUT2D eigenvalue weighted by Crippen LogP contribution is 2.41. The molecule has 2 N–H and O–H groups in total. The van der Waals surface area contributed by atoms with Gasteiger partial charge in [-0.1, -0.05) is 25.3 Å². The normalized spacial score (nSPS) is 19.0. The maximum atomic E-state index is 12.1. The number of amides is 2. The van der Waals surface area contributed by atoms with E-state index >= 15 is 0 Å². The fourth-order valence-electron chi connectivity index (χ4n) is 3.18. The molecular formula is C16H26N2O2S. The molecule has 0 saturated heterocycles. The smallest absolute Gasteiger partial charge is 0.317 e. The van der Waals surface area contributed by atoms with E-state index in [2.05, 4.69) is 22.8 Å². The van der Waals surface area contributed by atoms with Crippen LogP contribution in [0.15, 0.2) is 17.5 Å². The van der Waals surface area contributed by atoms with Crippen molar-refractivity contribution in [3.63, 3.8) is 0 Å². The highest BCUT2D eigenvalue weighted by Gasteiger charge is 2.35. The van der Waals surface area contributed by atoms with Crippen LogP contribution in [0, 0.1) is 0 Å². The Bertz CT molecular complexity index is 439. The van der Waals surface area contributed by atoms with Crippen molar-refractivity contribution in [3.05, 3.63) is 22.4 Å². The third-order valence-corrected chi connectivity index (χ3v) is 5.43. The van der Waals surface area contributed by atoms with Crippen molar-refractivity contribution in [2.45, 2.75) is 50.5 Å². The predicted molar refractivity (Wildman–Crippen MR) is 86.8 cm³/mol. The fourth-order valence-corrected chi connectivity index (χ4v) is 4.17. The van der Waals surface area contributed by atoms with Gasteiger partial charge in [0.15, 0.2) is 0 Å². The first-order valence-corrected chi connectivity index (χ1v) is 8.62. The van der Waals surface area contributed by atoms with Gasteiger partial charge >= 0.3 is 6.03 Å². The number of nitrogens with one attached hydrogen (secondary N) is 1. The number of hydrogen-bond acceptors (Lipinski definition) is 3. The predicted octanol–water partition coefficient (Wildman–Crippen LogP) is 2.97. The average molecular weight is 310 g/mol. The molecular weight excluding hydrogens is 284 g/mol. The minimum atomic E-state index is -0.498. The molecule has 2 amide bonds. The highest BCUT2D eigenvalue weighted by atomic mass is 32.1. The van der Waals surface area contributed by atoms with E-state index in [1.807, 2.05) is 0 Å². The van der Waals surface area contributed by atoms with E-state index in [0.29, 0.717) is 13.1 Å². The zero-order valence-corrected chi connectivity index (χ0v) is 13.8. The molecule has 1 saturated carbocycles. The number of nitrogens with zero attached hydrogens (tertiary/aromatic N) is 1. The second kappa shape index (κ2) is 7.27. The molecule has 0 radical (unpaired) electrons. The zero-order chi connectivity index (χ0) is 15.3. The van der Waals surface area contributed by atoms with Crippen LogP contribution in [0.5, 0.6) is 0 Å². The van der Waals surface area contributed by atoms with Gasteiger partial charge in [0.1, 0.15) is 0 Å². The summed E-state index contributed by atoms with van der Waals surface area (Å²) in [4.78, 5) is 15.1. The van der Waals surface area contributed by atoms with Crippen molar-refractivity contribution >= 4 is 17.4 Å². The van der Waals surface area contributed by atoms with Crippen LogP contribution in [0.4, 0.5) is 4.79 Å². The third-order valence-electron chi connectivity index (χ3n) is 4.32. The number of aliphatic hydroxyl groups excluding tert-OH is 1. The van der Waals surface area contributed by atoms with Gasteiger partial charge in [-0.25, -0.2) is 4.79 Å². The number of thiophene rings is 1. The van der Waals surface area contributed by atoms with Crippen LogP contribution in [-0.2, 0) is 5.41 Å². The van der Waals surface area contributed by atoms with E-state index in [1.165, 1.54) is 24.1 Å². The van der Waals surface area contributed by atoms with Gasteiger partial charge in [0.2, 0.25) is 0 Å². The van der Waals surface area contributed by atoms with Crippen LogP contribution < -0.4 is 5.32 Å². The van der Waals surface area contributed by atoms with Gasteiger partial charge in [-0.2, -0.15) is 0 Å². The summed E-state index contributed by atoms with van der Waals surface area (Å²) in [5.41, 5.74) is 0.105. The molecule has 1 aromatic heterocycles. The van der Waals surface area contributed by atoms with E-state index in [1.54, 1.807) is 30.2 Å². The minimum absolute atomic E-state index is 0.0996. The maximum Gasteiger partial charge on any atom is 0.317 e. The number of hydrogen-bond donors (Lipinski definition) is 2. The Morgan fingerprint density at radius 3 is 2.76 bits per heavy atom. The summed E-state index contributed by atoms with van der Waals surface area (Å²) in [6.07, 6.45) is 5.56. The van der Waals surface area contributed by atoms with Gasteiger partial charge in [0.25, 0.3) is 0 Å². The van der Waals surface area contributed by atoms with Crippen molar-refractivity contribution in [1.29, 1.82) is 0 Å². The van der Waals surface area contributed by atoms with E-state index in [9.17, 15) is 9.90 Å². The average Bonchev–Trinajstić information content (AvgIpc) is 3.00. The number of aliphatic hydroxyl groups is 1. The molecule has 1 fully saturated rings. The SMILES string of the molecule is CC(O)CN(C)C(=O)NCC1(c2cccs2)CCCCC1. The van der Waals surface area contributed by atoms with Gasteiger partial charge in [-0.3, -0.25) is 0 Å². The van der Waals surface area contributed by atoms with Crippen molar-refractivity contribution < 1.29 is 9.90 Å². The lowest BCUT2D eigenvalue weighted by molar-refractivity contribution is 0.142. The molecule has 5 heteroatoms. The largest absolute Gasteiger partial charge is 0.392 e. The van der Waals surface area contributed by atoms with Crippen LogP contribution in [0.25, 0.3) is 0 Å². The molecule has 1 heterocycles. The first kappa shape index (κ1) is 16.3. The lowest BCUT2D eigenvalue weighted by Gasteiger charge is -2.37. The molecule has 4 nitrogen and oxygen atoms in total. The monoisotopic (exact) mass is 310 g/mol. The van der Waals surface area contributed by atoms with Gasteiger partial charge in [0.05, 0.1) is 6.10 Å². The van der Waals surface area contributed by atoms with E-state index < -0.39 is 6.10 Å².